The van der Waals surface area contributed by atoms with E-state index < -0.39 is 0 Å². The Bertz CT molecular complexity index is 837. The lowest BCUT2D eigenvalue weighted by molar-refractivity contribution is 0.415. The van der Waals surface area contributed by atoms with E-state index in [1.54, 1.807) is 7.11 Å². The van der Waals surface area contributed by atoms with Crippen molar-refractivity contribution in [1.82, 2.24) is 9.97 Å². The molecule has 21 heavy (non-hydrogen) atoms. The molecule has 0 amide bonds. The van der Waals surface area contributed by atoms with E-state index in [0.717, 1.165) is 27.9 Å². The number of benzene rings is 2. The van der Waals surface area contributed by atoms with Gasteiger partial charge in [-0.25, -0.2) is 9.97 Å². The van der Waals surface area contributed by atoms with Crippen LogP contribution in [0.2, 0.25) is 0 Å². The van der Waals surface area contributed by atoms with Gasteiger partial charge in [-0.3, -0.25) is 0 Å². The summed E-state index contributed by atoms with van der Waals surface area (Å²) < 4.78 is 5.22. The topological polar surface area (TPSA) is 47.0 Å². The molecule has 2 aromatic carbocycles. The van der Waals surface area contributed by atoms with Gasteiger partial charge in [-0.15, -0.1) is 6.42 Å². The minimum atomic E-state index is 0.713. The number of hydrogen-bond acceptors (Lipinski definition) is 4. The number of nitrogens with one attached hydrogen (secondary N) is 1. The fourth-order valence-electron chi connectivity index (χ4n) is 2.08. The largest absolute Gasteiger partial charge is 0.497 e. The molecule has 1 aromatic heterocycles. The fourth-order valence-corrected chi connectivity index (χ4v) is 2.08. The van der Waals surface area contributed by atoms with Gasteiger partial charge in [-0.1, -0.05) is 12.0 Å². The van der Waals surface area contributed by atoms with Gasteiger partial charge in [-0.05, 0) is 30.3 Å². The molecule has 1 N–H and O–H groups in total. The smallest absolute Gasteiger partial charge is 0.141 e. The van der Waals surface area contributed by atoms with Crippen molar-refractivity contribution in [2.24, 2.45) is 0 Å². The van der Waals surface area contributed by atoms with Crippen LogP contribution in [0.3, 0.4) is 0 Å². The number of nitrogens with zero attached hydrogens (tertiary/aromatic N) is 2. The van der Waals surface area contributed by atoms with E-state index in [-0.39, 0.29) is 0 Å². The van der Waals surface area contributed by atoms with Gasteiger partial charge in [0.05, 0.1) is 12.6 Å². The Labute approximate surface area is 122 Å². The molecule has 0 fully saturated rings. The van der Waals surface area contributed by atoms with Crippen molar-refractivity contribution in [3.05, 3.63) is 54.4 Å². The van der Waals surface area contributed by atoms with E-state index in [9.17, 15) is 0 Å². The average molecular weight is 275 g/mol. The molecule has 0 saturated carbocycles. The molecule has 0 radical (unpaired) electrons. The minimum Gasteiger partial charge on any atom is -0.497 e. The zero-order chi connectivity index (χ0) is 14.7. The zero-order valence-corrected chi connectivity index (χ0v) is 11.5. The number of hydrogen-bond donors (Lipinski definition) is 1. The van der Waals surface area contributed by atoms with Crippen LogP contribution < -0.4 is 10.1 Å². The Hall–Kier alpha value is -3.06. The van der Waals surface area contributed by atoms with Crippen molar-refractivity contribution < 1.29 is 4.74 Å². The number of ether oxygens (including phenoxy) is 1. The molecule has 0 atom stereocenters. The van der Waals surface area contributed by atoms with E-state index in [1.807, 2.05) is 42.5 Å². The summed E-state index contributed by atoms with van der Waals surface area (Å²) in [6.45, 7) is 0. The molecule has 4 nitrogen and oxygen atoms in total. The van der Waals surface area contributed by atoms with Gasteiger partial charge in [0.2, 0.25) is 0 Å². The average Bonchev–Trinajstić information content (AvgIpc) is 2.55. The van der Waals surface area contributed by atoms with E-state index >= 15 is 0 Å². The molecule has 3 aromatic rings. The van der Waals surface area contributed by atoms with Crippen LogP contribution >= 0.6 is 0 Å². The highest BCUT2D eigenvalue weighted by Crippen LogP contribution is 2.25. The molecule has 102 valence electrons. The van der Waals surface area contributed by atoms with E-state index in [1.165, 1.54) is 6.33 Å². The minimum absolute atomic E-state index is 0.713. The van der Waals surface area contributed by atoms with Crippen LogP contribution in [0.1, 0.15) is 5.56 Å². The summed E-state index contributed by atoms with van der Waals surface area (Å²) >= 11 is 0. The molecular weight excluding hydrogens is 262 g/mol. The van der Waals surface area contributed by atoms with Crippen LogP contribution in [0, 0.1) is 12.3 Å². The third kappa shape index (κ3) is 2.63. The molecule has 3 rings (SSSR count). The number of rotatable bonds is 3. The van der Waals surface area contributed by atoms with Crippen LogP contribution in [0.5, 0.6) is 5.75 Å². The summed E-state index contributed by atoms with van der Waals surface area (Å²) in [5.74, 6) is 4.12. The molecule has 0 bridgehead atoms. The lowest BCUT2D eigenvalue weighted by atomic mass is 10.1. The maximum Gasteiger partial charge on any atom is 0.141 e. The summed E-state index contributed by atoms with van der Waals surface area (Å²) in [6.07, 6.45) is 6.98. The summed E-state index contributed by atoms with van der Waals surface area (Å²) in [4.78, 5) is 8.55. The number of anilines is 2. The Kier molecular flexibility index (Phi) is 3.40. The maximum atomic E-state index is 5.45. The lowest BCUT2D eigenvalue weighted by Gasteiger charge is -2.09. The van der Waals surface area contributed by atoms with E-state index in [2.05, 4.69) is 21.2 Å². The molecule has 4 heteroatoms. The van der Waals surface area contributed by atoms with E-state index in [0.29, 0.717) is 5.82 Å². The summed E-state index contributed by atoms with van der Waals surface area (Å²) in [5.41, 5.74) is 2.53. The third-order valence-corrected chi connectivity index (χ3v) is 3.13. The Morgan fingerprint density at radius 2 is 2.05 bits per heavy atom. The lowest BCUT2D eigenvalue weighted by Crippen LogP contribution is -1.96. The Morgan fingerprint density at radius 3 is 2.86 bits per heavy atom. The number of fused-ring (bicyclic) bond motifs is 1. The first-order valence-corrected chi connectivity index (χ1v) is 6.42. The summed E-state index contributed by atoms with van der Waals surface area (Å²) in [7, 11) is 1.64. The standard InChI is InChI=1S/C17H13N3O/c1-3-12-7-8-16-15(9-12)17(19-11-18-16)20-13-5-4-6-14(10-13)21-2/h1,4-11H,2H3,(H,18,19,20). The van der Waals surface area contributed by atoms with Crippen molar-refractivity contribution >= 4 is 22.4 Å². The highest BCUT2D eigenvalue weighted by atomic mass is 16.5. The quantitative estimate of drug-likeness (QED) is 0.744. The van der Waals surface area contributed by atoms with Gasteiger partial charge >= 0.3 is 0 Å². The fraction of sp³-hybridized carbons (Fsp3) is 0.0588. The van der Waals surface area contributed by atoms with Crippen molar-refractivity contribution in [1.29, 1.82) is 0 Å². The summed E-state index contributed by atoms with van der Waals surface area (Å²) in [5, 5.41) is 4.16. The van der Waals surface area contributed by atoms with Gasteiger partial charge in [-0.2, -0.15) is 0 Å². The molecule has 0 aliphatic rings. The van der Waals surface area contributed by atoms with Crippen LogP contribution in [0.25, 0.3) is 10.9 Å². The van der Waals surface area contributed by atoms with Crippen LogP contribution in [0.15, 0.2) is 48.8 Å². The van der Waals surface area contributed by atoms with Gasteiger partial charge < -0.3 is 10.1 Å². The molecular formula is C17H13N3O. The molecule has 0 aliphatic carbocycles. The number of methoxy groups -OCH3 is 1. The van der Waals surface area contributed by atoms with Gasteiger partial charge in [0.15, 0.2) is 0 Å². The second-order valence-corrected chi connectivity index (χ2v) is 4.46. The monoisotopic (exact) mass is 275 g/mol. The first kappa shape index (κ1) is 12.9. The van der Waals surface area contributed by atoms with Crippen molar-refractivity contribution in [3.8, 4) is 18.1 Å². The molecule has 1 heterocycles. The van der Waals surface area contributed by atoms with E-state index in [4.69, 9.17) is 11.2 Å². The van der Waals surface area contributed by atoms with Crippen LogP contribution in [-0.2, 0) is 0 Å². The maximum absolute atomic E-state index is 5.45. The first-order valence-electron chi connectivity index (χ1n) is 6.42. The van der Waals surface area contributed by atoms with Crippen LogP contribution in [-0.4, -0.2) is 17.1 Å². The van der Waals surface area contributed by atoms with Crippen molar-refractivity contribution in [2.75, 3.05) is 12.4 Å². The second kappa shape index (κ2) is 5.51. The van der Waals surface area contributed by atoms with Gasteiger partial charge in [0, 0.05) is 22.7 Å². The van der Waals surface area contributed by atoms with Gasteiger partial charge in [0.25, 0.3) is 0 Å². The molecule has 0 aliphatic heterocycles. The highest BCUT2D eigenvalue weighted by Gasteiger charge is 2.05. The van der Waals surface area contributed by atoms with Gasteiger partial charge in [0.1, 0.15) is 17.9 Å². The van der Waals surface area contributed by atoms with Crippen molar-refractivity contribution in [3.63, 3.8) is 0 Å². The zero-order valence-electron chi connectivity index (χ0n) is 11.5. The number of aromatic nitrogens is 2. The normalized spacial score (nSPS) is 10.1. The SMILES string of the molecule is C#Cc1ccc2ncnc(Nc3cccc(OC)c3)c2c1. The molecule has 0 saturated heterocycles. The van der Waals surface area contributed by atoms with Crippen LogP contribution in [0.4, 0.5) is 11.5 Å². The third-order valence-electron chi connectivity index (χ3n) is 3.13. The predicted molar refractivity (Wildman–Crippen MR) is 83.7 cm³/mol. The number of terminal acetylenes is 1. The Balaban J connectivity index is 2.05. The van der Waals surface area contributed by atoms with Crippen molar-refractivity contribution in [2.45, 2.75) is 0 Å². The second-order valence-electron chi connectivity index (χ2n) is 4.46. The first-order chi connectivity index (χ1) is 10.3. The molecule has 0 spiro atoms. The molecule has 0 unspecified atom stereocenters. The highest BCUT2D eigenvalue weighted by molar-refractivity contribution is 5.91. The Morgan fingerprint density at radius 1 is 1.14 bits per heavy atom. The summed E-state index contributed by atoms with van der Waals surface area (Å²) in [6, 6.07) is 13.3. The predicted octanol–water partition coefficient (Wildman–Crippen LogP) is 3.36.